The number of hydrogen-bond donors (Lipinski definition) is 1. The maximum Gasteiger partial charge on any atom is 0.0663 e. The Kier molecular flexibility index (Phi) is 4.27. The van der Waals surface area contributed by atoms with E-state index in [1.807, 2.05) is 29.8 Å². The molecule has 0 amide bonds. The van der Waals surface area contributed by atoms with Crippen LogP contribution >= 0.6 is 11.6 Å². The summed E-state index contributed by atoms with van der Waals surface area (Å²) in [6, 6.07) is 7.89. The van der Waals surface area contributed by atoms with Gasteiger partial charge in [-0.15, -0.1) is 0 Å². The van der Waals surface area contributed by atoms with Crippen molar-refractivity contribution in [1.29, 1.82) is 0 Å². The molecule has 0 bridgehead atoms. The summed E-state index contributed by atoms with van der Waals surface area (Å²) >= 11 is 6.01. The molecule has 3 nitrogen and oxygen atoms in total. The number of halogens is 1. The molecule has 0 aliphatic carbocycles. The number of nitrogens with two attached hydrogens (primary N) is 1. The average molecular weight is 278 g/mol. The maximum atomic E-state index is 6.01. The zero-order chi connectivity index (χ0) is 14.0. The van der Waals surface area contributed by atoms with E-state index in [0.29, 0.717) is 12.5 Å². The molecule has 0 saturated carbocycles. The normalized spacial score (nSPS) is 12.7. The highest BCUT2D eigenvalue weighted by Gasteiger charge is 2.16. The van der Waals surface area contributed by atoms with Gasteiger partial charge in [-0.1, -0.05) is 30.7 Å². The van der Waals surface area contributed by atoms with Crippen LogP contribution in [0.3, 0.4) is 0 Å². The second-order valence-corrected chi connectivity index (χ2v) is 5.45. The zero-order valence-electron chi connectivity index (χ0n) is 11.7. The molecular weight excluding hydrogens is 258 g/mol. The molecule has 4 heteroatoms. The van der Waals surface area contributed by atoms with Gasteiger partial charge in [0, 0.05) is 16.3 Å². The molecular formula is C15H20ClN3. The lowest BCUT2D eigenvalue weighted by Crippen LogP contribution is -2.11. The molecule has 1 unspecified atom stereocenters. The number of benzene rings is 1. The molecule has 0 spiro atoms. The first kappa shape index (κ1) is 14.1. The SMILES string of the molecule is Cc1nn(Cc2cccc(Cl)c2)c(C)c1C(C)CN. The van der Waals surface area contributed by atoms with Crippen molar-refractivity contribution < 1.29 is 0 Å². The highest BCUT2D eigenvalue weighted by atomic mass is 35.5. The summed E-state index contributed by atoms with van der Waals surface area (Å²) in [6.45, 7) is 7.67. The van der Waals surface area contributed by atoms with Gasteiger partial charge in [-0.05, 0) is 44.0 Å². The lowest BCUT2D eigenvalue weighted by atomic mass is 9.99. The summed E-state index contributed by atoms with van der Waals surface area (Å²) < 4.78 is 2.03. The maximum absolute atomic E-state index is 6.01. The van der Waals surface area contributed by atoms with Gasteiger partial charge in [0.25, 0.3) is 0 Å². The number of hydrogen-bond acceptors (Lipinski definition) is 2. The van der Waals surface area contributed by atoms with Gasteiger partial charge in [0.05, 0.1) is 12.2 Å². The van der Waals surface area contributed by atoms with Crippen molar-refractivity contribution in [3.8, 4) is 0 Å². The quantitative estimate of drug-likeness (QED) is 0.932. The van der Waals surface area contributed by atoms with Crippen LogP contribution < -0.4 is 5.73 Å². The fraction of sp³-hybridized carbons (Fsp3) is 0.400. The Balaban J connectivity index is 2.32. The standard InChI is InChI=1S/C15H20ClN3/c1-10(8-17)15-11(2)18-19(12(15)3)9-13-5-4-6-14(16)7-13/h4-7,10H,8-9,17H2,1-3H3. The van der Waals surface area contributed by atoms with Gasteiger partial charge in [-0.3, -0.25) is 4.68 Å². The van der Waals surface area contributed by atoms with Gasteiger partial charge in [-0.2, -0.15) is 5.10 Å². The fourth-order valence-electron chi connectivity index (χ4n) is 2.50. The van der Waals surface area contributed by atoms with E-state index in [4.69, 9.17) is 17.3 Å². The number of aromatic nitrogens is 2. The molecule has 1 atom stereocenters. The first-order valence-electron chi connectivity index (χ1n) is 6.51. The minimum absolute atomic E-state index is 0.341. The van der Waals surface area contributed by atoms with Crippen LogP contribution in [0.4, 0.5) is 0 Å². The highest BCUT2D eigenvalue weighted by Crippen LogP contribution is 2.23. The lowest BCUT2D eigenvalue weighted by molar-refractivity contribution is 0.655. The van der Waals surface area contributed by atoms with Crippen molar-refractivity contribution >= 4 is 11.6 Å². The molecule has 102 valence electrons. The van der Waals surface area contributed by atoms with Crippen LogP contribution in [0.2, 0.25) is 5.02 Å². The minimum atomic E-state index is 0.341. The van der Waals surface area contributed by atoms with E-state index >= 15 is 0 Å². The smallest absolute Gasteiger partial charge is 0.0663 e. The summed E-state index contributed by atoms with van der Waals surface area (Å²) in [6.07, 6.45) is 0. The van der Waals surface area contributed by atoms with Crippen molar-refractivity contribution in [2.45, 2.75) is 33.2 Å². The van der Waals surface area contributed by atoms with E-state index in [1.165, 1.54) is 11.3 Å². The molecule has 19 heavy (non-hydrogen) atoms. The van der Waals surface area contributed by atoms with Gasteiger partial charge in [0.1, 0.15) is 0 Å². The molecule has 2 N–H and O–H groups in total. The number of rotatable bonds is 4. The highest BCUT2D eigenvalue weighted by molar-refractivity contribution is 6.30. The van der Waals surface area contributed by atoms with Crippen LogP contribution in [0, 0.1) is 13.8 Å². The van der Waals surface area contributed by atoms with Gasteiger partial charge in [0.2, 0.25) is 0 Å². The number of nitrogens with zero attached hydrogens (tertiary/aromatic N) is 2. The van der Waals surface area contributed by atoms with Gasteiger partial charge in [-0.25, -0.2) is 0 Å². The molecule has 2 rings (SSSR count). The summed E-state index contributed by atoms with van der Waals surface area (Å²) in [5.74, 6) is 0.341. The zero-order valence-corrected chi connectivity index (χ0v) is 12.4. The third kappa shape index (κ3) is 2.99. The Labute approximate surface area is 119 Å². The third-order valence-corrected chi connectivity index (χ3v) is 3.74. The second kappa shape index (κ2) is 5.76. The molecule has 0 radical (unpaired) electrons. The molecule has 1 aromatic heterocycles. The van der Waals surface area contributed by atoms with E-state index in [0.717, 1.165) is 22.8 Å². The third-order valence-electron chi connectivity index (χ3n) is 3.51. The molecule has 1 aromatic carbocycles. The Hall–Kier alpha value is -1.32. The van der Waals surface area contributed by atoms with Crippen LogP contribution in [0.25, 0.3) is 0 Å². The van der Waals surface area contributed by atoms with Gasteiger partial charge in [0.15, 0.2) is 0 Å². The van der Waals surface area contributed by atoms with Crippen LogP contribution in [0.15, 0.2) is 24.3 Å². The van der Waals surface area contributed by atoms with E-state index in [1.54, 1.807) is 0 Å². The minimum Gasteiger partial charge on any atom is -0.330 e. The summed E-state index contributed by atoms with van der Waals surface area (Å²) in [5.41, 5.74) is 10.5. The van der Waals surface area contributed by atoms with E-state index in [-0.39, 0.29) is 0 Å². The van der Waals surface area contributed by atoms with Crippen LogP contribution in [0.5, 0.6) is 0 Å². The molecule has 0 fully saturated rings. The van der Waals surface area contributed by atoms with Crippen molar-refractivity contribution in [3.05, 3.63) is 51.8 Å². The van der Waals surface area contributed by atoms with Crippen molar-refractivity contribution in [2.75, 3.05) is 6.54 Å². The van der Waals surface area contributed by atoms with Crippen molar-refractivity contribution in [2.24, 2.45) is 5.73 Å². The predicted octanol–water partition coefficient (Wildman–Crippen LogP) is 3.26. The van der Waals surface area contributed by atoms with Gasteiger partial charge < -0.3 is 5.73 Å². The van der Waals surface area contributed by atoms with E-state index in [9.17, 15) is 0 Å². The van der Waals surface area contributed by atoms with E-state index < -0.39 is 0 Å². The first-order chi connectivity index (χ1) is 9.02. The average Bonchev–Trinajstić information content (AvgIpc) is 2.64. The Morgan fingerprint density at radius 3 is 2.74 bits per heavy atom. The first-order valence-corrected chi connectivity index (χ1v) is 6.89. The Morgan fingerprint density at radius 2 is 2.11 bits per heavy atom. The molecule has 2 aromatic rings. The van der Waals surface area contributed by atoms with E-state index in [2.05, 4.69) is 25.0 Å². The molecule has 0 aliphatic rings. The second-order valence-electron chi connectivity index (χ2n) is 5.01. The van der Waals surface area contributed by atoms with Crippen LogP contribution in [-0.2, 0) is 6.54 Å². The summed E-state index contributed by atoms with van der Waals surface area (Å²) in [5, 5.41) is 5.38. The summed E-state index contributed by atoms with van der Waals surface area (Å²) in [4.78, 5) is 0. The predicted molar refractivity (Wildman–Crippen MR) is 79.7 cm³/mol. The monoisotopic (exact) mass is 277 g/mol. The van der Waals surface area contributed by atoms with Crippen molar-refractivity contribution in [3.63, 3.8) is 0 Å². The van der Waals surface area contributed by atoms with Gasteiger partial charge >= 0.3 is 0 Å². The number of aryl methyl sites for hydroxylation is 1. The molecule has 0 aliphatic heterocycles. The largest absolute Gasteiger partial charge is 0.330 e. The summed E-state index contributed by atoms with van der Waals surface area (Å²) in [7, 11) is 0. The fourth-order valence-corrected chi connectivity index (χ4v) is 2.72. The lowest BCUT2D eigenvalue weighted by Gasteiger charge is -2.10. The molecule has 0 saturated heterocycles. The topological polar surface area (TPSA) is 43.8 Å². The Bertz CT molecular complexity index is 575. The van der Waals surface area contributed by atoms with Crippen LogP contribution in [-0.4, -0.2) is 16.3 Å². The molecule has 1 heterocycles. The Morgan fingerprint density at radius 1 is 1.37 bits per heavy atom. The van der Waals surface area contributed by atoms with Crippen LogP contribution in [0.1, 0.15) is 35.4 Å². The van der Waals surface area contributed by atoms with Crippen molar-refractivity contribution in [1.82, 2.24) is 9.78 Å².